The number of nitrogens with one attached hydrogen (secondary N) is 1. The zero-order chi connectivity index (χ0) is 19.9. The Balaban J connectivity index is 1.68. The van der Waals surface area contributed by atoms with Crippen LogP contribution in [0.2, 0.25) is 5.02 Å². The normalized spacial score (nSPS) is 11.3. The average molecular weight is 395 g/mol. The highest BCUT2D eigenvalue weighted by Gasteiger charge is 2.17. The zero-order valence-corrected chi connectivity index (χ0v) is 15.5. The minimum absolute atomic E-state index is 0.00533. The van der Waals surface area contributed by atoms with Crippen molar-refractivity contribution in [3.8, 4) is 11.8 Å². The average Bonchev–Trinajstić information content (AvgIpc) is 2.70. The summed E-state index contributed by atoms with van der Waals surface area (Å²) in [5.41, 5.74) is 1.94. The first kappa shape index (κ1) is 19.4. The van der Waals surface area contributed by atoms with Crippen LogP contribution in [0.15, 0.2) is 72.8 Å². The van der Waals surface area contributed by atoms with Gasteiger partial charge in [0.25, 0.3) is 5.91 Å². The summed E-state index contributed by atoms with van der Waals surface area (Å²) in [6.45, 7) is -0.342. The van der Waals surface area contributed by atoms with E-state index < -0.39 is 17.6 Å². The second kappa shape index (κ2) is 9.03. The Hall–Kier alpha value is -3.36. The van der Waals surface area contributed by atoms with Gasteiger partial charge in [-0.15, -0.1) is 0 Å². The van der Waals surface area contributed by atoms with Gasteiger partial charge in [-0.3, -0.25) is 4.79 Å². The molecule has 0 aliphatic carbocycles. The maximum absolute atomic E-state index is 13.5. The molecule has 0 aliphatic heterocycles. The van der Waals surface area contributed by atoms with E-state index in [0.717, 1.165) is 5.56 Å². The maximum Gasteiger partial charge on any atom is 0.262 e. The molecule has 6 heteroatoms. The third kappa shape index (κ3) is 4.67. The Morgan fingerprint density at radius 3 is 2.50 bits per heavy atom. The summed E-state index contributed by atoms with van der Waals surface area (Å²) in [6.07, 6.45) is 0. The Labute approximate surface area is 167 Å². The van der Waals surface area contributed by atoms with E-state index in [1.807, 2.05) is 30.3 Å². The van der Waals surface area contributed by atoms with Crippen molar-refractivity contribution in [2.45, 2.75) is 5.92 Å². The largest absolute Gasteiger partial charge is 0.481 e. The SMILES string of the molecule is N#CC(c1ccccc1)c1ccc(NC(=O)COc2ccccc2F)cc1Cl. The lowest BCUT2D eigenvalue weighted by Crippen LogP contribution is -2.20. The minimum atomic E-state index is -0.536. The molecule has 0 fully saturated rings. The van der Waals surface area contributed by atoms with Crippen molar-refractivity contribution in [2.24, 2.45) is 0 Å². The number of carbonyl (C=O) groups excluding carboxylic acids is 1. The van der Waals surface area contributed by atoms with Crippen LogP contribution in [0.25, 0.3) is 0 Å². The number of para-hydroxylation sites is 1. The summed E-state index contributed by atoms with van der Waals surface area (Å²) >= 11 is 6.35. The molecule has 3 aromatic rings. The molecule has 0 saturated heterocycles. The highest BCUT2D eigenvalue weighted by molar-refractivity contribution is 6.31. The number of nitriles is 1. The molecule has 0 spiro atoms. The number of benzene rings is 3. The van der Waals surface area contributed by atoms with Crippen LogP contribution in [0.5, 0.6) is 5.75 Å². The van der Waals surface area contributed by atoms with Crippen molar-refractivity contribution in [3.63, 3.8) is 0 Å². The van der Waals surface area contributed by atoms with Crippen molar-refractivity contribution in [2.75, 3.05) is 11.9 Å². The number of hydrogen-bond acceptors (Lipinski definition) is 3. The van der Waals surface area contributed by atoms with Crippen molar-refractivity contribution in [1.29, 1.82) is 5.26 Å². The number of halogens is 2. The van der Waals surface area contributed by atoms with Gasteiger partial charge in [-0.1, -0.05) is 60.1 Å². The van der Waals surface area contributed by atoms with Crippen LogP contribution >= 0.6 is 11.6 Å². The van der Waals surface area contributed by atoms with Crippen molar-refractivity contribution in [1.82, 2.24) is 0 Å². The molecule has 0 bridgehead atoms. The lowest BCUT2D eigenvalue weighted by atomic mass is 9.92. The van der Waals surface area contributed by atoms with Crippen LogP contribution in [0.3, 0.4) is 0 Å². The number of rotatable bonds is 6. The number of ether oxygens (including phenoxy) is 1. The van der Waals surface area contributed by atoms with Crippen LogP contribution < -0.4 is 10.1 Å². The Morgan fingerprint density at radius 1 is 1.11 bits per heavy atom. The topological polar surface area (TPSA) is 62.1 Å². The van der Waals surface area contributed by atoms with E-state index in [4.69, 9.17) is 16.3 Å². The third-order valence-corrected chi connectivity index (χ3v) is 4.38. The standard InChI is InChI=1S/C22H16ClFN2O2/c23-19-12-16(26-22(27)14-28-21-9-5-4-8-20(21)24)10-11-17(19)18(13-25)15-6-2-1-3-7-15/h1-12,18H,14H2,(H,26,27). The highest BCUT2D eigenvalue weighted by atomic mass is 35.5. The van der Waals surface area contributed by atoms with Crippen LogP contribution in [0.1, 0.15) is 17.0 Å². The van der Waals surface area contributed by atoms with Gasteiger partial charge >= 0.3 is 0 Å². The van der Waals surface area contributed by atoms with E-state index in [9.17, 15) is 14.4 Å². The lowest BCUT2D eigenvalue weighted by Gasteiger charge is -2.14. The molecule has 1 N–H and O–H groups in total. The molecule has 0 heterocycles. The van der Waals surface area contributed by atoms with E-state index in [1.54, 1.807) is 24.3 Å². The molecule has 0 radical (unpaired) electrons. The fraction of sp³-hybridized carbons (Fsp3) is 0.0909. The van der Waals surface area contributed by atoms with Crippen molar-refractivity contribution >= 4 is 23.2 Å². The molecule has 0 aliphatic rings. The summed E-state index contributed by atoms with van der Waals surface area (Å²) in [4.78, 5) is 12.1. The fourth-order valence-corrected chi connectivity index (χ4v) is 3.00. The van der Waals surface area contributed by atoms with Crippen molar-refractivity contribution < 1.29 is 13.9 Å². The van der Waals surface area contributed by atoms with Gasteiger partial charge in [0.2, 0.25) is 0 Å². The van der Waals surface area contributed by atoms with Gasteiger partial charge in [-0.05, 0) is 35.4 Å². The number of amides is 1. The van der Waals surface area contributed by atoms with Crippen LogP contribution in [-0.4, -0.2) is 12.5 Å². The molecule has 1 amide bonds. The Kier molecular flexibility index (Phi) is 6.25. The van der Waals surface area contributed by atoms with E-state index in [1.165, 1.54) is 18.2 Å². The van der Waals surface area contributed by atoms with E-state index in [-0.39, 0.29) is 12.4 Å². The van der Waals surface area contributed by atoms with Crippen LogP contribution in [0.4, 0.5) is 10.1 Å². The third-order valence-electron chi connectivity index (χ3n) is 4.05. The Bertz CT molecular complexity index is 1020. The first-order valence-corrected chi connectivity index (χ1v) is 8.87. The minimum Gasteiger partial charge on any atom is -0.481 e. The first-order valence-electron chi connectivity index (χ1n) is 8.49. The maximum atomic E-state index is 13.5. The molecule has 3 aromatic carbocycles. The Morgan fingerprint density at radius 2 is 1.82 bits per heavy atom. The van der Waals surface area contributed by atoms with Crippen LogP contribution in [0, 0.1) is 17.1 Å². The van der Waals surface area contributed by atoms with Crippen LogP contribution in [-0.2, 0) is 4.79 Å². The lowest BCUT2D eigenvalue weighted by molar-refractivity contribution is -0.118. The summed E-state index contributed by atoms with van der Waals surface area (Å²) in [5.74, 6) is -1.49. The van der Waals surface area contributed by atoms with Gasteiger partial charge in [0.05, 0.1) is 12.0 Å². The number of nitrogens with zero attached hydrogens (tertiary/aromatic N) is 1. The second-order valence-electron chi connectivity index (χ2n) is 5.98. The summed E-state index contributed by atoms with van der Waals surface area (Å²) in [6, 6.07) is 22.4. The number of hydrogen-bond donors (Lipinski definition) is 1. The first-order chi connectivity index (χ1) is 13.6. The summed E-state index contributed by atoms with van der Waals surface area (Å²) in [7, 11) is 0. The summed E-state index contributed by atoms with van der Waals surface area (Å²) in [5, 5.41) is 12.6. The molecule has 0 saturated carbocycles. The molecule has 4 nitrogen and oxygen atoms in total. The molecular weight excluding hydrogens is 379 g/mol. The molecule has 1 unspecified atom stereocenters. The van der Waals surface area contributed by atoms with Gasteiger partial charge < -0.3 is 10.1 Å². The summed E-state index contributed by atoms with van der Waals surface area (Å²) < 4.78 is 18.7. The molecule has 1 atom stereocenters. The number of carbonyl (C=O) groups is 1. The fourth-order valence-electron chi connectivity index (χ4n) is 2.71. The molecule has 3 rings (SSSR count). The smallest absolute Gasteiger partial charge is 0.262 e. The molecular formula is C22H16ClFN2O2. The van der Waals surface area contributed by atoms with Gasteiger partial charge in [0, 0.05) is 10.7 Å². The predicted octanol–water partition coefficient (Wildman–Crippen LogP) is 5.15. The van der Waals surface area contributed by atoms with E-state index in [2.05, 4.69) is 11.4 Å². The highest BCUT2D eigenvalue weighted by Crippen LogP contribution is 2.31. The predicted molar refractivity (Wildman–Crippen MR) is 106 cm³/mol. The van der Waals surface area contributed by atoms with Gasteiger partial charge in [-0.2, -0.15) is 5.26 Å². The monoisotopic (exact) mass is 394 g/mol. The molecule has 0 aromatic heterocycles. The zero-order valence-electron chi connectivity index (χ0n) is 14.7. The van der Waals surface area contributed by atoms with E-state index in [0.29, 0.717) is 16.3 Å². The molecule has 140 valence electrons. The molecule has 28 heavy (non-hydrogen) atoms. The second-order valence-corrected chi connectivity index (χ2v) is 6.38. The van der Waals surface area contributed by atoms with Gasteiger partial charge in [-0.25, -0.2) is 4.39 Å². The van der Waals surface area contributed by atoms with Gasteiger partial charge in [0.1, 0.15) is 0 Å². The van der Waals surface area contributed by atoms with Gasteiger partial charge in [0.15, 0.2) is 18.2 Å². The van der Waals surface area contributed by atoms with E-state index >= 15 is 0 Å². The number of anilines is 1. The quantitative estimate of drug-likeness (QED) is 0.628. The van der Waals surface area contributed by atoms with Crippen molar-refractivity contribution in [3.05, 3.63) is 94.8 Å².